The fourth-order valence-corrected chi connectivity index (χ4v) is 2.11. The molecule has 0 spiro atoms. The third kappa shape index (κ3) is 2.81. The Hall–Kier alpha value is -3.14. The third-order valence-corrected chi connectivity index (χ3v) is 3.24. The normalized spacial score (nSPS) is 15.5. The van der Waals surface area contributed by atoms with Crippen molar-refractivity contribution < 1.29 is 19.4 Å². The van der Waals surface area contributed by atoms with Gasteiger partial charge in [0.25, 0.3) is 0 Å². The molecule has 1 aliphatic heterocycles. The monoisotopic (exact) mass is 292 g/mol. The maximum Gasteiger partial charge on any atom is 0.335 e. The predicted molar refractivity (Wildman–Crippen MR) is 81.9 cm³/mol. The van der Waals surface area contributed by atoms with Crippen LogP contribution >= 0.6 is 0 Å². The van der Waals surface area contributed by atoms with Gasteiger partial charge in [0.15, 0.2) is 5.76 Å². The van der Waals surface area contributed by atoms with Gasteiger partial charge in [0.1, 0.15) is 5.76 Å². The van der Waals surface area contributed by atoms with E-state index in [1.54, 1.807) is 18.2 Å². The average molecular weight is 292 g/mol. The van der Waals surface area contributed by atoms with E-state index in [-0.39, 0.29) is 17.1 Å². The molecule has 22 heavy (non-hydrogen) atoms. The molecule has 0 saturated carbocycles. The maximum absolute atomic E-state index is 12.0. The Balaban J connectivity index is 1.82. The highest BCUT2D eigenvalue weighted by atomic mass is 16.5. The van der Waals surface area contributed by atoms with Crippen LogP contribution < -0.4 is 0 Å². The van der Waals surface area contributed by atoms with Gasteiger partial charge in [0, 0.05) is 11.6 Å². The summed E-state index contributed by atoms with van der Waals surface area (Å²) in [4.78, 5) is 22.8. The topological polar surface area (TPSA) is 63.6 Å². The molecule has 4 heteroatoms. The number of ether oxygens (including phenoxy) is 1. The van der Waals surface area contributed by atoms with Crippen LogP contribution in [0.25, 0.3) is 11.8 Å². The minimum atomic E-state index is -0.986. The largest absolute Gasteiger partial charge is 0.478 e. The third-order valence-electron chi connectivity index (χ3n) is 3.24. The minimum absolute atomic E-state index is 0.198. The number of carbonyl (C=O) groups is 2. The molecule has 0 aromatic heterocycles. The summed E-state index contributed by atoms with van der Waals surface area (Å²) in [6.07, 6.45) is 3.05. The lowest BCUT2D eigenvalue weighted by Crippen LogP contribution is -1.96. The number of rotatable bonds is 3. The summed E-state index contributed by atoms with van der Waals surface area (Å²) in [5, 5.41) is 8.86. The number of benzene rings is 2. The summed E-state index contributed by atoms with van der Waals surface area (Å²) in [5.74, 6) is -0.456. The van der Waals surface area contributed by atoms with E-state index in [0.717, 1.165) is 5.56 Å². The molecule has 0 saturated heterocycles. The number of hydrogen-bond acceptors (Lipinski definition) is 3. The van der Waals surface area contributed by atoms with Gasteiger partial charge in [0.2, 0.25) is 5.78 Å². The second kappa shape index (κ2) is 5.69. The van der Waals surface area contributed by atoms with Crippen molar-refractivity contribution in [2.75, 3.05) is 0 Å². The molecular weight excluding hydrogens is 280 g/mol. The lowest BCUT2D eigenvalue weighted by atomic mass is 10.1. The van der Waals surface area contributed by atoms with Crippen LogP contribution in [-0.2, 0) is 9.53 Å². The average Bonchev–Trinajstić information content (AvgIpc) is 2.90. The van der Waals surface area contributed by atoms with Crippen molar-refractivity contribution in [2.24, 2.45) is 0 Å². The van der Waals surface area contributed by atoms with Gasteiger partial charge in [-0.15, -0.1) is 0 Å². The van der Waals surface area contributed by atoms with Crippen molar-refractivity contribution in [3.63, 3.8) is 0 Å². The van der Waals surface area contributed by atoms with Crippen LogP contribution in [0.3, 0.4) is 0 Å². The number of hydrogen-bond donors (Lipinski definition) is 1. The summed E-state index contributed by atoms with van der Waals surface area (Å²) in [6.45, 7) is 0. The molecule has 1 aliphatic rings. The molecule has 1 heterocycles. The first-order valence-corrected chi connectivity index (χ1v) is 6.68. The van der Waals surface area contributed by atoms with Crippen LogP contribution in [0.4, 0.5) is 0 Å². The van der Waals surface area contributed by atoms with Crippen molar-refractivity contribution in [3.05, 3.63) is 83.1 Å². The Morgan fingerprint density at radius 3 is 2.32 bits per heavy atom. The fraction of sp³-hybridized carbons (Fsp3) is 0. The number of carboxylic acid groups (broad SMARTS) is 1. The second-order valence-electron chi connectivity index (χ2n) is 4.78. The fourth-order valence-electron chi connectivity index (χ4n) is 2.11. The molecule has 0 atom stereocenters. The molecule has 2 aromatic carbocycles. The summed E-state index contributed by atoms with van der Waals surface area (Å²) in [5.41, 5.74) is 1.74. The van der Waals surface area contributed by atoms with Gasteiger partial charge in [-0.1, -0.05) is 42.5 Å². The summed E-state index contributed by atoms with van der Waals surface area (Å²) >= 11 is 0. The second-order valence-corrected chi connectivity index (χ2v) is 4.78. The highest BCUT2D eigenvalue weighted by Crippen LogP contribution is 2.27. The van der Waals surface area contributed by atoms with E-state index in [9.17, 15) is 9.59 Å². The van der Waals surface area contributed by atoms with Crippen LogP contribution in [0.15, 0.2) is 66.4 Å². The molecule has 0 radical (unpaired) electrons. The summed E-state index contributed by atoms with van der Waals surface area (Å²) in [7, 11) is 0. The minimum Gasteiger partial charge on any atom is -0.478 e. The first kappa shape index (κ1) is 13.8. The zero-order valence-electron chi connectivity index (χ0n) is 11.5. The molecule has 0 fully saturated rings. The van der Waals surface area contributed by atoms with E-state index in [1.165, 1.54) is 18.2 Å². The zero-order valence-corrected chi connectivity index (χ0v) is 11.5. The molecule has 0 amide bonds. The predicted octanol–water partition coefficient (Wildman–Crippen LogP) is 3.37. The Morgan fingerprint density at radius 1 is 1.00 bits per heavy atom. The number of carboxylic acids is 1. The van der Waals surface area contributed by atoms with Gasteiger partial charge in [-0.3, -0.25) is 4.79 Å². The quantitative estimate of drug-likeness (QED) is 0.881. The molecule has 2 aromatic rings. The molecule has 1 N–H and O–H groups in total. The molecular formula is C18H12O4. The van der Waals surface area contributed by atoms with Crippen LogP contribution in [0.5, 0.6) is 0 Å². The van der Waals surface area contributed by atoms with Crippen molar-refractivity contribution in [1.82, 2.24) is 0 Å². The maximum atomic E-state index is 12.0. The Kier molecular flexibility index (Phi) is 3.58. The van der Waals surface area contributed by atoms with Crippen LogP contribution in [0, 0.1) is 0 Å². The molecule has 0 aliphatic carbocycles. The first-order valence-electron chi connectivity index (χ1n) is 6.68. The van der Waals surface area contributed by atoms with E-state index < -0.39 is 5.97 Å². The van der Waals surface area contributed by atoms with Gasteiger partial charge in [0.05, 0.1) is 5.56 Å². The van der Waals surface area contributed by atoms with E-state index >= 15 is 0 Å². The van der Waals surface area contributed by atoms with Gasteiger partial charge in [-0.05, 0) is 23.8 Å². The van der Waals surface area contributed by atoms with Crippen molar-refractivity contribution >= 4 is 23.6 Å². The summed E-state index contributed by atoms with van der Waals surface area (Å²) in [6, 6.07) is 15.6. The van der Waals surface area contributed by atoms with Gasteiger partial charge in [-0.25, -0.2) is 4.79 Å². The molecule has 108 valence electrons. The smallest absolute Gasteiger partial charge is 0.335 e. The van der Waals surface area contributed by atoms with Crippen LogP contribution in [0.1, 0.15) is 21.5 Å². The number of carbonyl (C=O) groups excluding carboxylic acids is 1. The molecule has 4 nitrogen and oxygen atoms in total. The molecule has 3 rings (SSSR count). The van der Waals surface area contributed by atoms with Crippen molar-refractivity contribution in [3.8, 4) is 0 Å². The molecule has 0 bridgehead atoms. The van der Waals surface area contributed by atoms with E-state index in [2.05, 4.69) is 0 Å². The van der Waals surface area contributed by atoms with Crippen molar-refractivity contribution in [2.45, 2.75) is 0 Å². The standard InChI is InChI=1S/C18H12O4/c19-15-11-16(13-4-2-1-3-5-13)22-17(15)10-12-6-8-14(9-7-12)18(20)21/h1-11H,(H,20,21)/b17-10-. The number of ketones is 1. The zero-order chi connectivity index (χ0) is 15.5. The lowest BCUT2D eigenvalue weighted by molar-refractivity contribution is -0.112. The van der Waals surface area contributed by atoms with Crippen LogP contribution in [0.2, 0.25) is 0 Å². The molecule has 0 unspecified atom stereocenters. The van der Waals surface area contributed by atoms with Crippen molar-refractivity contribution in [1.29, 1.82) is 0 Å². The first-order chi connectivity index (χ1) is 10.6. The van der Waals surface area contributed by atoms with Gasteiger partial charge >= 0.3 is 5.97 Å². The van der Waals surface area contributed by atoms with E-state index in [4.69, 9.17) is 9.84 Å². The van der Waals surface area contributed by atoms with E-state index in [1.807, 2.05) is 30.3 Å². The van der Waals surface area contributed by atoms with Gasteiger partial charge in [-0.2, -0.15) is 0 Å². The number of allylic oxidation sites excluding steroid dienone is 1. The van der Waals surface area contributed by atoms with Gasteiger partial charge < -0.3 is 9.84 Å². The SMILES string of the molecule is O=C1C=C(c2ccccc2)O/C1=C\c1ccc(C(=O)O)cc1. The van der Waals surface area contributed by atoms with Crippen LogP contribution in [-0.4, -0.2) is 16.9 Å². The lowest BCUT2D eigenvalue weighted by Gasteiger charge is -2.04. The Morgan fingerprint density at radius 2 is 1.68 bits per heavy atom. The Labute approximate surface area is 127 Å². The summed E-state index contributed by atoms with van der Waals surface area (Å²) < 4.78 is 5.60. The van der Waals surface area contributed by atoms with E-state index in [0.29, 0.717) is 11.3 Å². The number of aromatic carboxylic acids is 1. The highest BCUT2D eigenvalue weighted by molar-refractivity contribution is 6.12. The highest BCUT2D eigenvalue weighted by Gasteiger charge is 2.21. The Bertz CT molecular complexity index is 784.